The Kier molecular flexibility index (Phi) is 8.90. The molecule has 2 rings (SSSR count). The maximum Gasteiger partial charge on any atom is 0.277 e. The van der Waals surface area contributed by atoms with Crippen LogP contribution >= 0.6 is 15.9 Å². The molecule has 0 unspecified atom stereocenters. The van der Waals surface area contributed by atoms with E-state index in [9.17, 15) is 4.79 Å². The molecule has 1 N–H and O–H groups in total. The monoisotopic (exact) mass is 458 g/mol. The summed E-state index contributed by atoms with van der Waals surface area (Å²) in [4.78, 5) is 12.3. The van der Waals surface area contributed by atoms with E-state index in [4.69, 9.17) is 4.74 Å². The van der Waals surface area contributed by atoms with Gasteiger partial charge >= 0.3 is 0 Å². The Labute approximate surface area is 182 Å². The minimum absolute atomic E-state index is 0.0543. The first kappa shape index (κ1) is 23.1. The van der Waals surface area contributed by atoms with Crippen LogP contribution in [-0.4, -0.2) is 18.2 Å². The molecule has 0 aromatic heterocycles. The summed E-state index contributed by atoms with van der Waals surface area (Å²) >= 11 is 3.53. The van der Waals surface area contributed by atoms with E-state index in [1.54, 1.807) is 0 Å². The molecule has 0 saturated carbocycles. The van der Waals surface area contributed by atoms with E-state index in [0.29, 0.717) is 5.75 Å². The Bertz CT molecular complexity index is 827. The van der Waals surface area contributed by atoms with Crippen LogP contribution < -0.4 is 10.2 Å². The number of hydrogen-bond donors (Lipinski definition) is 1. The number of benzene rings is 2. The third kappa shape index (κ3) is 7.65. The molecule has 1 amide bonds. The summed E-state index contributed by atoms with van der Waals surface area (Å²) in [5.41, 5.74) is 5.82. The number of halogens is 1. The molecule has 156 valence electrons. The van der Waals surface area contributed by atoms with Gasteiger partial charge in [-0.2, -0.15) is 5.10 Å². The molecule has 0 atom stereocenters. The van der Waals surface area contributed by atoms with Crippen LogP contribution in [0.15, 0.2) is 58.1 Å². The number of unbranched alkanes of at least 4 members (excludes halogenated alkanes) is 2. The van der Waals surface area contributed by atoms with Crippen molar-refractivity contribution in [2.45, 2.75) is 58.8 Å². The van der Waals surface area contributed by atoms with Gasteiger partial charge in [0.15, 0.2) is 6.61 Å². The van der Waals surface area contributed by atoms with E-state index < -0.39 is 0 Å². The highest BCUT2D eigenvalue weighted by Crippen LogP contribution is 2.31. The lowest BCUT2D eigenvalue weighted by Gasteiger charge is -2.20. The first-order chi connectivity index (χ1) is 13.8. The lowest BCUT2D eigenvalue weighted by Crippen LogP contribution is -2.26. The summed E-state index contributed by atoms with van der Waals surface area (Å²) in [6.07, 6.45) is 4.16. The smallest absolute Gasteiger partial charge is 0.277 e. The molecule has 5 heteroatoms. The second kappa shape index (κ2) is 11.1. The maximum atomic E-state index is 12.3. The first-order valence-electron chi connectivity index (χ1n) is 10.1. The lowest BCUT2D eigenvalue weighted by molar-refractivity contribution is -0.123. The first-order valence-corrected chi connectivity index (χ1v) is 10.9. The Morgan fingerprint density at radius 3 is 2.45 bits per heavy atom. The van der Waals surface area contributed by atoms with Crippen LogP contribution in [0.5, 0.6) is 5.75 Å². The highest BCUT2D eigenvalue weighted by Gasteiger charge is 2.15. The molecule has 0 aliphatic heterocycles. The van der Waals surface area contributed by atoms with Gasteiger partial charge in [-0.1, -0.05) is 76.9 Å². The topological polar surface area (TPSA) is 50.7 Å². The highest BCUT2D eigenvalue weighted by atomic mass is 79.9. The number of nitrogens with zero attached hydrogens (tertiary/aromatic N) is 1. The lowest BCUT2D eigenvalue weighted by atomic mass is 9.87. The molecular formula is C24H31BrN2O2. The molecule has 0 aliphatic rings. The molecular weight excluding hydrogens is 428 g/mol. The van der Waals surface area contributed by atoms with Crippen molar-refractivity contribution in [1.29, 1.82) is 0 Å². The third-order valence-electron chi connectivity index (χ3n) is 4.60. The van der Waals surface area contributed by atoms with Crippen LogP contribution in [-0.2, 0) is 10.2 Å². The van der Waals surface area contributed by atoms with Gasteiger partial charge in [0.2, 0.25) is 0 Å². The molecule has 4 nitrogen and oxygen atoms in total. The Morgan fingerprint density at radius 1 is 1.10 bits per heavy atom. The van der Waals surface area contributed by atoms with Crippen LogP contribution in [0.25, 0.3) is 0 Å². The van der Waals surface area contributed by atoms with E-state index in [-0.39, 0.29) is 17.9 Å². The number of rotatable bonds is 9. The molecule has 0 spiro atoms. The normalized spacial score (nSPS) is 12.0. The van der Waals surface area contributed by atoms with Crippen LogP contribution in [0.3, 0.4) is 0 Å². The summed E-state index contributed by atoms with van der Waals surface area (Å²) in [6.45, 7) is 8.56. The molecule has 0 saturated heterocycles. The summed E-state index contributed by atoms with van der Waals surface area (Å²) in [6, 6.07) is 15.9. The molecule has 29 heavy (non-hydrogen) atoms. The molecule has 0 aliphatic carbocycles. The van der Waals surface area contributed by atoms with Crippen LogP contribution in [0.1, 0.15) is 64.5 Å². The van der Waals surface area contributed by atoms with Crippen molar-refractivity contribution < 1.29 is 9.53 Å². The minimum atomic E-state index is -0.277. The fourth-order valence-electron chi connectivity index (χ4n) is 2.83. The molecule has 0 radical (unpaired) electrons. The summed E-state index contributed by atoms with van der Waals surface area (Å²) in [7, 11) is 0. The Balaban J connectivity index is 1.97. The van der Waals surface area contributed by atoms with Gasteiger partial charge in [0.25, 0.3) is 5.91 Å². The van der Waals surface area contributed by atoms with Gasteiger partial charge in [-0.05, 0) is 57.4 Å². The standard InChI is InChI=1S/C24H31BrN2O2/c1-5-6-8-13-21(18-11-9-7-10-12-18)26-27-23(28)17-29-22-15-14-19(16-20(22)25)24(2,3)4/h7,9-12,14-16H,5-6,8,13,17H2,1-4H3,(H,27,28)/b26-21-. The summed E-state index contributed by atoms with van der Waals surface area (Å²) in [5, 5.41) is 4.37. The number of carbonyl (C=O) groups excluding carboxylic acids is 1. The van der Waals surface area contributed by atoms with Gasteiger partial charge in [-0.25, -0.2) is 5.43 Å². The predicted molar refractivity (Wildman–Crippen MR) is 124 cm³/mol. The van der Waals surface area contributed by atoms with E-state index in [1.165, 1.54) is 5.56 Å². The van der Waals surface area contributed by atoms with E-state index in [2.05, 4.69) is 54.2 Å². The van der Waals surface area contributed by atoms with E-state index in [0.717, 1.165) is 41.4 Å². The quantitative estimate of drug-likeness (QED) is 0.275. The number of nitrogens with one attached hydrogen (secondary N) is 1. The van der Waals surface area contributed by atoms with Gasteiger partial charge in [0.1, 0.15) is 5.75 Å². The number of hydrogen-bond acceptors (Lipinski definition) is 3. The fraction of sp³-hybridized carbons (Fsp3) is 0.417. The van der Waals surface area contributed by atoms with Gasteiger partial charge < -0.3 is 4.74 Å². The molecule has 0 fully saturated rings. The Morgan fingerprint density at radius 2 is 1.83 bits per heavy atom. The summed E-state index contributed by atoms with van der Waals surface area (Å²) < 4.78 is 6.51. The highest BCUT2D eigenvalue weighted by molar-refractivity contribution is 9.10. The van der Waals surface area contributed by atoms with Gasteiger partial charge in [0.05, 0.1) is 10.2 Å². The predicted octanol–water partition coefficient (Wildman–Crippen LogP) is 6.23. The van der Waals surface area contributed by atoms with Crippen molar-refractivity contribution in [3.63, 3.8) is 0 Å². The largest absolute Gasteiger partial charge is 0.483 e. The van der Waals surface area contributed by atoms with E-state index >= 15 is 0 Å². The van der Waals surface area contributed by atoms with Crippen molar-refractivity contribution in [2.24, 2.45) is 5.10 Å². The van der Waals surface area contributed by atoms with Crippen molar-refractivity contribution in [2.75, 3.05) is 6.61 Å². The average Bonchev–Trinajstić information content (AvgIpc) is 2.69. The van der Waals surface area contributed by atoms with Crippen molar-refractivity contribution >= 4 is 27.5 Å². The van der Waals surface area contributed by atoms with Gasteiger partial charge in [-0.15, -0.1) is 0 Å². The summed E-state index contributed by atoms with van der Waals surface area (Å²) in [5.74, 6) is 0.365. The number of amides is 1. The average molecular weight is 459 g/mol. The zero-order valence-corrected chi connectivity index (χ0v) is 19.4. The van der Waals surface area contributed by atoms with E-state index in [1.807, 2.05) is 48.5 Å². The van der Waals surface area contributed by atoms with Crippen molar-refractivity contribution in [1.82, 2.24) is 5.43 Å². The molecule has 0 bridgehead atoms. The van der Waals surface area contributed by atoms with Gasteiger partial charge in [-0.3, -0.25) is 4.79 Å². The number of ether oxygens (including phenoxy) is 1. The van der Waals surface area contributed by atoms with Gasteiger partial charge in [0, 0.05) is 0 Å². The minimum Gasteiger partial charge on any atom is -0.483 e. The Hall–Kier alpha value is -2.14. The van der Waals surface area contributed by atoms with Crippen LogP contribution in [0.4, 0.5) is 0 Å². The van der Waals surface area contributed by atoms with Crippen molar-refractivity contribution in [3.05, 3.63) is 64.1 Å². The SMILES string of the molecule is CCCCC/C(=N/NC(=O)COc1ccc(C(C)(C)C)cc1Br)c1ccccc1. The van der Waals surface area contributed by atoms with Crippen LogP contribution in [0, 0.1) is 0 Å². The fourth-order valence-corrected chi connectivity index (χ4v) is 3.32. The zero-order valence-electron chi connectivity index (χ0n) is 17.8. The molecule has 2 aromatic carbocycles. The number of hydrazone groups is 1. The van der Waals surface area contributed by atoms with Crippen molar-refractivity contribution in [3.8, 4) is 5.75 Å². The van der Waals surface area contributed by atoms with Crippen LogP contribution in [0.2, 0.25) is 0 Å². The molecule has 0 heterocycles. The number of carbonyl (C=O) groups is 1. The second-order valence-electron chi connectivity index (χ2n) is 8.10. The zero-order chi connectivity index (χ0) is 21.3. The second-order valence-corrected chi connectivity index (χ2v) is 8.95. The third-order valence-corrected chi connectivity index (χ3v) is 5.22. The maximum absolute atomic E-state index is 12.3. The molecule has 2 aromatic rings.